The Kier molecular flexibility index (Phi) is 5.49. The summed E-state index contributed by atoms with van der Waals surface area (Å²) in [4.78, 5) is 53.5. The van der Waals surface area contributed by atoms with Crippen LogP contribution < -0.4 is 5.32 Å². The standard InChI is InChI=1S/C22H27N3O5/c1-24-21(29)25(20(28)22(24)12-6-3-7-13-22)14-17(26)30-18(15-8-4-2-5-9-15)19(27)23-16-10-11-16/h2,4-5,8-9,16,18H,3,6-7,10-14H2,1H3,(H,23,27)/t18-/m1/s1. The first-order valence-corrected chi connectivity index (χ1v) is 10.6. The van der Waals surface area contributed by atoms with E-state index in [0.717, 1.165) is 37.0 Å². The Morgan fingerprint density at radius 2 is 1.80 bits per heavy atom. The van der Waals surface area contributed by atoms with Crippen molar-refractivity contribution < 1.29 is 23.9 Å². The van der Waals surface area contributed by atoms with Crippen LogP contribution >= 0.6 is 0 Å². The van der Waals surface area contributed by atoms with Crippen LogP contribution in [0.1, 0.15) is 56.6 Å². The van der Waals surface area contributed by atoms with Crippen molar-refractivity contribution in [1.82, 2.24) is 15.1 Å². The normalized spacial score (nSPS) is 21.6. The minimum Gasteiger partial charge on any atom is -0.446 e. The number of rotatable bonds is 6. The lowest BCUT2D eigenvalue weighted by Crippen LogP contribution is -2.49. The number of imide groups is 1. The molecule has 30 heavy (non-hydrogen) atoms. The third-order valence-corrected chi connectivity index (χ3v) is 6.28. The molecule has 3 aliphatic rings. The molecule has 0 aromatic heterocycles. The summed E-state index contributed by atoms with van der Waals surface area (Å²) in [5.74, 6) is -1.51. The number of carbonyl (C=O) groups excluding carboxylic acids is 4. The molecule has 2 saturated carbocycles. The molecule has 1 aromatic carbocycles. The number of esters is 1. The van der Waals surface area contributed by atoms with Gasteiger partial charge in [-0.25, -0.2) is 4.79 Å². The highest BCUT2D eigenvalue weighted by Crippen LogP contribution is 2.39. The molecule has 4 rings (SSSR count). The fourth-order valence-electron chi connectivity index (χ4n) is 4.37. The molecule has 0 bridgehead atoms. The monoisotopic (exact) mass is 413 g/mol. The number of benzene rings is 1. The molecule has 8 heteroatoms. The van der Waals surface area contributed by atoms with Crippen LogP contribution in [0.4, 0.5) is 4.79 Å². The second kappa shape index (κ2) is 8.08. The SMILES string of the molecule is CN1C(=O)N(CC(=O)O[C@@H](C(=O)NC2CC2)c2ccccc2)C(=O)C12CCCCC2. The maximum absolute atomic E-state index is 13.1. The van der Waals surface area contributed by atoms with Crippen LogP contribution in [0.3, 0.4) is 0 Å². The van der Waals surface area contributed by atoms with Crippen LogP contribution in [0.5, 0.6) is 0 Å². The van der Waals surface area contributed by atoms with E-state index in [0.29, 0.717) is 18.4 Å². The van der Waals surface area contributed by atoms with E-state index in [1.165, 1.54) is 4.90 Å². The molecule has 1 saturated heterocycles. The number of ether oxygens (including phenoxy) is 1. The molecule has 0 radical (unpaired) electrons. The minimum atomic E-state index is -1.12. The summed E-state index contributed by atoms with van der Waals surface area (Å²) >= 11 is 0. The number of nitrogens with zero attached hydrogens (tertiary/aromatic N) is 2. The lowest BCUT2D eigenvalue weighted by Gasteiger charge is -2.35. The predicted octanol–water partition coefficient (Wildman–Crippen LogP) is 2.15. The van der Waals surface area contributed by atoms with Gasteiger partial charge in [0.25, 0.3) is 11.8 Å². The lowest BCUT2D eigenvalue weighted by molar-refractivity contribution is -0.158. The lowest BCUT2D eigenvalue weighted by atomic mass is 9.81. The fraction of sp³-hybridized carbons (Fsp3) is 0.545. The molecule has 1 N–H and O–H groups in total. The van der Waals surface area contributed by atoms with Crippen molar-refractivity contribution in [2.45, 2.75) is 62.6 Å². The van der Waals surface area contributed by atoms with E-state index in [9.17, 15) is 19.2 Å². The Balaban J connectivity index is 1.47. The molecule has 1 aliphatic heterocycles. The Morgan fingerprint density at radius 1 is 1.13 bits per heavy atom. The van der Waals surface area contributed by atoms with Crippen molar-refractivity contribution in [2.24, 2.45) is 0 Å². The van der Waals surface area contributed by atoms with Crippen LogP contribution in [-0.4, -0.2) is 58.8 Å². The quantitative estimate of drug-likeness (QED) is 0.569. The average molecular weight is 413 g/mol. The van der Waals surface area contributed by atoms with Crippen molar-refractivity contribution in [3.05, 3.63) is 35.9 Å². The fourth-order valence-corrected chi connectivity index (χ4v) is 4.37. The molecule has 160 valence electrons. The van der Waals surface area contributed by atoms with E-state index in [4.69, 9.17) is 4.74 Å². The summed E-state index contributed by atoms with van der Waals surface area (Å²) in [7, 11) is 1.62. The maximum atomic E-state index is 13.1. The topological polar surface area (TPSA) is 96.0 Å². The molecule has 0 unspecified atom stereocenters. The molecule has 2 aliphatic carbocycles. The van der Waals surface area contributed by atoms with Gasteiger partial charge >= 0.3 is 12.0 Å². The van der Waals surface area contributed by atoms with Gasteiger partial charge in [0.05, 0.1) is 0 Å². The van der Waals surface area contributed by atoms with E-state index in [2.05, 4.69) is 5.32 Å². The molecule has 8 nitrogen and oxygen atoms in total. The molecular formula is C22H27N3O5. The highest BCUT2D eigenvalue weighted by molar-refractivity contribution is 6.08. The highest BCUT2D eigenvalue weighted by Gasteiger charge is 2.56. The molecule has 1 aromatic rings. The van der Waals surface area contributed by atoms with E-state index >= 15 is 0 Å². The first kappa shape index (κ1) is 20.4. The van der Waals surface area contributed by atoms with Gasteiger partial charge in [-0.2, -0.15) is 0 Å². The highest BCUT2D eigenvalue weighted by atomic mass is 16.5. The van der Waals surface area contributed by atoms with Crippen LogP contribution in [0.2, 0.25) is 0 Å². The number of hydrogen-bond acceptors (Lipinski definition) is 5. The zero-order valence-electron chi connectivity index (χ0n) is 17.1. The smallest absolute Gasteiger partial charge is 0.327 e. The molecular weight excluding hydrogens is 386 g/mol. The van der Waals surface area contributed by atoms with Gasteiger partial charge in [-0.3, -0.25) is 19.3 Å². The van der Waals surface area contributed by atoms with Gasteiger partial charge in [-0.05, 0) is 25.7 Å². The number of likely N-dealkylation sites (N-methyl/N-ethyl adjacent to an activating group) is 1. The van der Waals surface area contributed by atoms with E-state index in [1.807, 2.05) is 6.07 Å². The molecule has 1 atom stereocenters. The summed E-state index contributed by atoms with van der Waals surface area (Å²) in [5, 5.41) is 2.85. The Labute approximate surface area is 175 Å². The minimum absolute atomic E-state index is 0.115. The van der Waals surface area contributed by atoms with Gasteiger partial charge in [0.15, 0.2) is 0 Å². The third kappa shape index (κ3) is 3.78. The molecule has 3 fully saturated rings. The Hall–Kier alpha value is -2.90. The van der Waals surface area contributed by atoms with Gasteiger partial charge in [-0.1, -0.05) is 49.6 Å². The van der Waals surface area contributed by atoms with Crippen molar-refractivity contribution in [3.63, 3.8) is 0 Å². The van der Waals surface area contributed by atoms with E-state index < -0.39 is 36.1 Å². The second-order valence-corrected chi connectivity index (χ2v) is 8.39. The van der Waals surface area contributed by atoms with Crippen LogP contribution in [0, 0.1) is 0 Å². The van der Waals surface area contributed by atoms with Crippen LogP contribution in [0.15, 0.2) is 30.3 Å². The molecule has 1 heterocycles. The largest absolute Gasteiger partial charge is 0.446 e. The maximum Gasteiger partial charge on any atom is 0.327 e. The average Bonchev–Trinajstić information content (AvgIpc) is 3.56. The number of amides is 4. The number of urea groups is 1. The first-order chi connectivity index (χ1) is 14.4. The summed E-state index contributed by atoms with van der Waals surface area (Å²) in [5.41, 5.74) is -0.304. The van der Waals surface area contributed by atoms with Gasteiger partial charge in [0, 0.05) is 18.7 Å². The second-order valence-electron chi connectivity index (χ2n) is 8.39. The van der Waals surface area contributed by atoms with Crippen molar-refractivity contribution in [1.29, 1.82) is 0 Å². The number of hydrogen-bond donors (Lipinski definition) is 1. The van der Waals surface area contributed by atoms with Gasteiger partial charge in [0.2, 0.25) is 6.10 Å². The van der Waals surface area contributed by atoms with Gasteiger partial charge in [0.1, 0.15) is 12.1 Å². The van der Waals surface area contributed by atoms with Gasteiger partial charge in [-0.15, -0.1) is 0 Å². The Bertz CT molecular complexity index is 846. The van der Waals surface area contributed by atoms with Crippen molar-refractivity contribution in [3.8, 4) is 0 Å². The zero-order valence-corrected chi connectivity index (χ0v) is 17.1. The zero-order chi connectivity index (χ0) is 21.3. The summed E-state index contributed by atoms with van der Waals surface area (Å²) < 4.78 is 5.48. The van der Waals surface area contributed by atoms with E-state index in [1.54, 1.807) is 31.3 Å². The summed E-state index contributed by atoms with van der Waals surface area (Å²) in [6.07, 6.45) is 4.70. The van der Waals surface area contributed by atoms with Crippen LogP contribution in [-0.2, 0) is 19.1 Å². The van der Waals surface area contributed by atoms with E-state index in [-0.39, 0.29) is 11.9 Å². The van der Waals surface area contributed by atoms with Crippen LogP contribution in [0.25, 0.3) is 0 Å². The predicted molar refractivity (Wildman–Crippen MR) is 107 cm³/mol. The number of nitrogens with one attached hydrogen (secondary N) is 1. The van der Waals surface area contributed by atoms with Crippen molar-refractivity contribution in [2.75, 3.05) is 13.6 Å². The molecule has 4 amide bonds. The molecule has 1 spiro atoms. The first-order valence-electron chi connectivity index (χ1n) is 10.6. The third-order valence-electron chi connectivity index (χ3n) is 6.28. The Morgan fingerprint density at radius 3 is 2.43 bits per heavy atom. The number of carbonyl (C=O) groups is 4. The summed E-state index contributed by atoms with van der Waals surface area (Å²) in [6, 6.07) is 8.37. The summed E-state index contributed by atoms with van der Waals surface area (Å²) in [6.45, 7) is -0.496. The van der Waals surface area contributed by atoms with Crippen molar-refractivity contribution >= 4 is 23.8 Å². The van der Waals surface area contributed by atoms with Gasteiger partial charge < -0.3 is 15.0 Å².